The number of carbonyl (C=O) groups is 2. The van der Waals surface area contributed by atoms with Crippen molar-refractivity contribution in [1.82, 2.24) is 15.1 Å². The molecular formula is C15H27N3O3. The van der Waals surface area contributed by atoms with Gasteiger partial charge in [-0.05, 0) is 39.8 Å². The summed E-state index contributed by atoms with van der Waals surface area (Å²) in [7, 11) is 4.01. The Labute approximate surface area is 126 Å². The summed E-state index contributed by atoms with van der Waals surface area (Å²) in [5.41, 5.74) is -0.744. The molecule has 120 valence electrons. The van der Waals surface area contributed by atoms with Crippen LogP contribution in [0.2, 0.25) is 0 Å². The third-order valence-electron chi connectivity index (χ3n) is 4.81. The van der Waals surface area contributed by atoms with Crippen molar-refractivity contribution in [3.05, 3.63) is 0 Å². The normalized spacial score (nSPS) is 24.5. The largest absolute Gasteiger partial charge is 0.481 e. The Morgan fingerprint density at radius 1 is 1.29 bits per heavy atom. The van der Waals surface area contributed by atoms with Crippen molar-refractivity contribution in [2.45, 2.75) is 44.6 Å². The molecule has 1 saturated heterocycles. The van der Waals surface area contributed by atoms with E-state index in [1.807, 2.05) is 19.0 Å². The molecule has 1 heterocycles. The first kappa shape index (κ1) is 16.1. The van der Waals surface area contributed by atoms with E-state index in [-0.39, 0.29) is 18.6 Å². The standard InChI is InChI=1S/C15H27N3O3/c1-17(2)10-12-6-5-9-18(12)14(21)16-11-15(13(19)20)7-3-4-8-15/h12H,3-11H2,1-2H3,(H,16,21)(H,19,20). The zero-order chi connectivity index (χ0) is 15.5. The summed E-state index contributed by atoms with van der Waals surface area (Å²) in [6.45, 7) is 1.88. The van der Waals surface area contributed by atoms with Crippen molar-refractivity contribution in [3.8, 4) is 0 Å². The quantitative estimate of drug-likeness (QED) is 0.804. The van der Waals surface area contributed by atoms with Crippen molar-refractivity contribution in [2.75, 3.05) is 33.7 Å². The topological polar surface area (TPSA) is 72.9 Å². The molecule has 1 aliphatic heterocycles. The van der Waals surface area contributed by atoms with E-state index in [1.165, 1.54) is 0 Å². The molecule has 0 bridgehead atoms. The van der Waals surface area contributed by atoms with E-state index in [9.17, 15) is 14.7 Å². The van der Waals surface area contributed by atoms with Gasteiger partial charge < -0.3 is 20.2 Å². The highest BCUT2D eigenvalue weighted by Gasteiger charge is 2.42. The number of carbonyl (C=O) groups excluding carboxylic acids is 1. The molecular weight excluding hydrogens is 270 g/mol. The van der Waals surface area contributed by atoms with Gasteiger partial charge in [-0.2, -0.15) is 0 Å². The number of aliphatic carboxylic acids is 1. The second kappa shape index (κ2) is 6.64. The molecule has 0 spiro atoms. The van der Waals surface area contributed by atoms with Gasteiger partial charge in [-0.15, -0.1) is 0 Å². The predicted molar refractivity (Wildman–Crippen MR) is 80.2 cm³/mol. The van der Waals surface area contributed by atoms with Gasteiger partial charge in [0.1, 0.15) is 0 Å². The Balaban J connectivity index is 1.90. The highest BCUT2D eigenvalue weighted by Crippen LogP contribution is 2.37. The van der Waals surface area contributed by atoms with Crippen molar-refractivity contribution >= 4 is 12.0 Å². The Hall–Kier alpha value is -1.30. The molecule has 0 aromatic carbocycles. The number of likely N-dealkylation sites (tertiary alicyclic amines) is 1. The zero-order valence-corrected chi connectivity index (χ0v) is 13.1. The number of nitrogens with zero attached hydrogens (tertiary/aromatic N) is 2. The van der Waals surface area contributed by atoms with Crippen LogP contribution >= 0.6 is 0 Å². The molecule has 2 rings (SSSR count). The van der Waals surface area contributed by atoms with Gasteiger partial charge in [-0.25, -0.2) is 4.79 Å². The van der Waals surface area contributed by atoms with Gasteiger partial charge in [0.25, 0.3) is 0 Å². The molecule has 1 unspecified atom stereocenters. The maximum Gasteiger partial charge on any atom is 0.317 e. The molecule has 21 heavy (non-hydrogen) atoms. The highest BCUT2D eigenvalue weighted by molar-refractivity contribution is 5.78. The van der Waals surface area contributed by atoms with Crippen LogP contribution < -0.4 is 5.32 Å². The van der Waals surface area contributed by atoms with Crippen LogP contribution in [0, 0.1) is 5.41 Å². The van der Waals surface area contributed by atoms with Gasteiger partial charge >= 0.3 is 12.0 Å². The second-order valence-electron chi connectivity index (χ2n) is 6.70. The minimum absolute atomic E-state index is 0.105. The number of amides is 2. The lowest BCUT2D eigenvalue weighted by atomic mass is 9.86. The molecule has 0 aromatic heterocycles. The summed E-state index contributed by atoms with van der Waals surface area (Å²) in [6.07, 6.45) is 5.27. The molecule has 2 N–H and O–H groups in total. The van der Waals surface area contributed by atoms with E-state index < -0.39 is 11.4 Å². The number of carboxylic acids is 1. The lowest BCUT2D eigenvalue weighted by Gasteiger charge is -2.30. The lowest BCUT2D eigenvalue weighted by molar-refractivity contribution is -0.148. The fourth-order valence-electron chi connectivity index (χ4n) is 3.58. The fraction of sp³-hybridized carbons (Fsp3) is 0.867. The number of nitrogens with one attached hydrogen (secondary N) is 1. The van der Waals surface area contributed by atoms with Crippen LogP contribution in [0.3, 0.4) is 0 Å². The van der Waals surface area contributed by atoms with E-state index in [0.717, 1.165) is 38.8 Å². The first-order chi connectivity index (χ1) is 9.94. The van der Waals surface area contributed by atoms with Crippen LogP contribution in [-0.2, 0) is 4.79 Å². The summed E-state index contributed by atoms with van der Waals surface area (Å²) in [6, 6.07) is 0.135. The maximum absolute atomic E-state index is 12.4. The second-order valence-corrected chi connectivity index (χ2v) is 6.70. The molecule has 1 saturated carbocycles. The molecule has 0 radical (unpaired) electrons. The molecule has 2 amide bonds. The van der Waals surface area contributed by atoms with E-state index in [4.69, 9.17) is 0 Å². The van der Waals surface area contributed by atoms with Crippen molar-refractivity contribution < 1.29 is 14.7 Å². The van der Waals surface area contributed by atoms with E-state index in [2.05, 4.69) is 10.2 Å². The number of hydrogen-bond acceptors (Lipinski definition) is 3. The first-order valence-corrected chi connectivity index (χ1v) is 7.87. The third kappa shape index (κ3) is 3.67. The van der Waals surface area contributed by atoms with Gasteiger partial charge in [-0.1, -0.05) is 12.8 Å². The Bertz CT molecular complexity index is 392. The fourth-order valence-corrected chi connectivity index (χ4v) is 3.58. The number of rotatable bonds is 5. The number of urea groups is 1. The SMILES string of the molecule is CN(C)CC1CCCN1C(=O)NCC1(C(=O)O)CCCC1. The molecule has 1 aliphatic carbocycles. The molecule has 6 nitrogen and oxygen atoms in total. The van der Waals surface area contributed by atoms with Crippen LogP contribution in [0.5, 0.6) is 0 Å². The lowest BCUT2D eigenvalue weighted by Crippen LogP contribution is -2.50. The summed E-state index contributed by atoms with van der Waals surface area (Å²) >= 11 is 0. The summed E-state index contributed by atoms with van der Waals surface area (Å²) in [4.78, 5) is 27.8. The smallest absolute Gasteiger partial charge is 0.317 e. The van der Waals surface area contributed by atoms with Gasteiger partial charge in [0.15, 0.2) is 0 Å². The summed E-state index contributed by atoms with van der Waals surface area (Å²) < 4.78 is 0. The third-order valence-corrected chi connectivity index (χ3v) is 4.81. The zero-order valence-electron chi connectivity index (χ0n) is 13.1. The Kier molecular flexibility index (Phi) is 5.08. The summed E-state index contributed by atoms with van der Waals surface area (Å²) in [5, 5.41) is 12.3. The van der Waals surface area contributed by atoms with Crippen LogP contribution in [0.4, 0.5) is 4.79 Å². The highest BCUT2D eigenvalue weighted by atomic mass is 16.4. The van der Waals surface area contributed by atoms with Gasteiger partial charge in [0, 0.05) is 25.7 Å². The van der Waals surface area contributed by atoms with Crippen molar-refractivity contribution in [2.24, 2.45) is 5.41 Å². The molecule has 1 atom stereocenters. The van der Waals surface area contributed by atoms with Crippen molar-refractivity contribution in [3.63, 3.8) is 0 Å². The van der Waals surface area contributed by atoms with Gasteiger partial charge in [0.2, 0.25) is 0 Å². The average molecular weight is 297 g/mol. The van der Waals surface area contributed by atoms with Crippen LogP contribution in [0.25, 0.3) is 0 Å². The minimum Gasteiger partial charge on any atom is -0.481 e. The molecule has 6 heteroatoms. The number of hydrogen-bond donors (Lipinski definition) is 2. The van der Waals surface area contributed by atoms with Crippen LogP contribution in [0.1, 0.15) is 38.5 Å². The summed E-state index contributed by atoms with van der Waals surface area (Å²) in [5.74, 6) is -0.772. The predicted octanol–water partition coefficient (Wildman–Crippen LogP) is 1.37. The van der Waals surface area contributed by atoms with Gasteiger partial charge in [-0.3, -0.25) is 4.79 Å². The van der Waals surface area contributed by atoms with Crippen LogP contribution in [0.15, 0.2) is 0 Å². The Morgan fingerprint density at radius 2 is 1.95 bits per heavy atom. The minimum atomic E-state index is -0.772. The molecule has 2 fully saturated rings. The van der Waals surface area contributed by atoms with E-state index >= 15 is 0 Å². The van der Waals surface area contributed by atoms with E-state index in [0.29, 0.717) is 12.8 Å². The average Bonchev–Trinajstić information content (AvgIpc) is 3.04. The van der Waals surface area contributed by atoms with Gasteiger partial charge in [0.05, 0.1) is 5.41 Å². The Morgan fingerprint density at radius 3 is 2.52 bits per heavy atom. The van der Waals surface area contributed by atoms with E-state index in [1.54, 1.807) is 0 Å². The maximum atomic E-state index is 12.4. The molecule has 2 aliphatic rings. The monoisotopic (exact) mass is 297 g/mol. The van der Waals surface area contributed by atoms with Crippen molar-refractivity contribution in [1.29, 1.82) is 0 Å². The molecule has 0 aromatic rings. The number of carboxylic acid groups (broad SMARTS) is 1. The first-order valence-electron chi connectivity index (χ1n) is 7.87. The van der Waals surface area contributed by atoms with Crippen LogP contribution in [-0.4, -0.2) is 66.7 Å². The number of likely N-dealkylation sites (N-methyl/N-ethyl adjacent to an activating group) is 1.